The van der Waals surface area contributed by atoms with E-state index in [-0.39, 0.29) is 6.04 Å². The van der Waals surface area contributed by atoms with Crippen LogP contribution in [0.1, 0.15) is 25.7 Å². The van der Waals surface area contributed by atoms with E-state index in [1.807, 2.05) is 0 Å². The van der Waals surface area contributed by atoms with E-state index in [0.29, 0.717) is 38.0 Å². The molecule has 19 heavy (non-hydrogen) atoms. The lowest BCUT2D eigenvalue weighted by Crippen LogP contribution is -2.50. The second-order valence-electron chi connectivity index (χ2n) is 5.39. The Morgan fingerprint density at radius 2 is 2.05 bits per heavy atom. The van der Waals surface area contributed by atoms with Gasteiger partial charge < -0.3 is 4.74 Å². The number of piperidine rings is 1. The molecular formula is C12H23ClN2O3S. The lowest BCUT2D eigenvalue weighted by atomic mass is 10.1. The van der Waals surface area contributed by atoms with E-state index in [9.17, 15) is 8.42 Å². The Bertz CT molecular complexity index is 390. The van der Waals surface area contributed by atoms with Gasteiger partial charge in [-0.25, -0.2) is 0 Å². The van der Waals surface area contributed by atoms with E-state index >= 15 is 0 Å². The summed E-state index contributed by atoms with van der Waals surface area (Å²) in [5.74, 6) is 0.702. The molecule has 2 rings (SSSR count). The van der Waals surface area contributed by atoms with Gasteiger partial charge in [0.1, 0.15) is 0 Å². The number of methoxy groups -OCH3 is 1. The predicted molar refractivity (Wildman–Crippen MR) is 75.5 cm³/mol. The Kier molecular flexibility index (Phi) is 5.48. The highest BCUT2D eigenvalue weighted by Gasteiger charge is 2.39. The maximum Gasteiger partial charge on any atom is 0.282 e. The molecule has 5 nitrogen and oxygen atoms in total. The molecule has 2 atom stereocenters. The fourth-order valence-electron chi connectivity index (χ4n) is 2.96. The Morgan fingerprint density at radius 3 is 2.74 bits per heavy atom. The first-order valence-corrected chi connectivity index (χ1v) is 8.84. The van der Waals surface area contributed by atoms with E-state index in [2.05, 4.69) is 0 Å². The molecule has 0 radical (unpaired) electrons. The minimum atomic E-state index is -3.35. The monoisotopic (exact) mass is 310 g/mol. The van der Waals surface area contributed by atoms with Gasteiger partial charge in [0.25, 0.3) is 10.2 Å². The van der Waals surface area contributed by atoms with Crippen molar-refractivity contribution in [2.75, 3.05) is 39.2 Å². The molecule has 0 aromatic heterocycles. The molecular weight excluding hydrogens is 288 g/mol. The zero-order valence-electron chi connectivity index (χ0n) is 11.4. The normalized spacial score (nSPS) is 30.8. The van der Waals surface area contributed by atoms with Gasteiger partial charge >= 0.3 is 0 Å². The topological polar surface area (TPSA) is 49.9 Å². The smallest absolute Gasteiger partial charge is 0.282 e. The fraction of sp³-hybridized carbons (Fsp3) is 1.00. The number of alkyl halides is 1. The summed E-state index contributed by atoms with van der Waals surface area (Å²) in [4.78, 5) is 0. The number of nitrogens with zero attached hydrogens (tertiary/aromatic N) is 2. The molecule has 0 aromatic carbocycles. The molecule has 0 N–H and O–H groups in total. The van der Waals surface area contributed by atoms with Crippen molar-refractivity contribution in [1.29, 1.82) is 0 Å². The van der Waals surface area contributed by atoms with Crippen molar-refractivity contribution < 1.29 is 13.2 Å². The van der Waals surface area contributed by atoms with Crippen LogP contribution in [-0.2, 0) is 14.9 Å². The molecule has 2 aliphatic heterocycles. The molecule has 2 saturated heterocycles. The summed E-state index contributed by atoms with van der Waals surface area (Å²) >= 11 is 5.92. The van der Waals surface area contributed by atoms with Crippen molar-refractivity contribution in [2.45, 2.75) is 31.7 Å². The van der Waals surface area contributed by atoms with Crippen molar-refractivity contribution in [3.05, 3.63) is 0 Å². The van der Waals surface area contributed by atoms with Crippen LogP contribution in [0, 0.1) is 5.92 Å². The van der Waals surface area contributed by atoms with Crippen LogP contribution >= 0.6 is 11.6 Å². The van der Waals surface area contributed by atoms with Gasteiger partial charge in [0.2, 0.25) is 0 Å². The molecule has 0 amide bonds. The summed E-state index contributed by atoms with van der Waals surface area (Å²) < 4.78 is 33.6. The summed E-state index contributed by atoms with van der Waals surface area (Å²) in [7, 11) is -1.69. The highest BCUT2D eigenvalue weighted by molar-refractivity contribution is 7.86. The van der Waals surface area contributed by atoms with Gasteiger partial charge in [-0.15, -0.1) is 11.6 Å². The second kappa shape index (κ2) is 6.72. The second-order valence-corrected chi connectivity index (χ2v) is 7.58. The third kappa shape index (κ3) is 3.42. The third-order valence-electron chi connectivity index (χ3n) is 4.02. The van der Waals surface area contributed by atoms with Crippen molar-refractivity contribution in [3.8, 4) is 0 Å². The molecule has 2 heterocycles. The van der Waals surface area contributed by atoms with Crippen LogP contribution in [-0.4, -0.2) is 62.3 Å². The van der Waals surface area contributed by atoms with E-state index in [0.717, 1.165) is 25.7 Å². The number of hydrogen-bond donors (Lipinski definition) is 0. The summed E-state index contributed by atoms with van der Waals surface area (Å²) in [5, 5.41) is 0. The van der Waals surface area contributed by atoms with Crippen molar-refractivity contribution in [1.82, 2.24) is 8.61 Å². The zero-order valence-corrected chi connectivity index (χ0v) is 13.0. The first-order valence-electron chi connectivity index (χ1n) is 6.91. The van der Waals surface area contributed by atoms with Gasteiger partial charge in [0, 0.05) is 38.7 Å². The van der Waals surface area contributed by atoms with E-state index in [1.54, 1.807) is 15.7 Å². The number of hydrogen-bond acceptors (Lipinski definition) is 3. The van der Waals surface area contributed by atoms with Crippen molar-refractivity contribution in [3.63, 3.8) is 0 Å². The van der Waals surface area contributed by atoms with Crippen LogP contribution in [0.25, 0.3) is 0 Å². The number of halogens is 1. The van der Waals surface area contributed by atoms with Gasteiger partial charge in [-0.2, -0.15) is 17.0 Å². The zero-order chi connectivity index (χ0) is 13.9. The van der Waals surface area contributed by atoms with Gasteiger partial charge in [0.15, 0.2) is 0 Å². The minimum Gasteiger partial charge on any atom is -0.384 e. The van der Waals surface area contributed by atoms with Crippen LogP contribution in [0.5, 0.6) is 0 Å². The molecule has 2 aliphatic rings. The quantitative estimate of drug-likeness (QED) is 0.719. The van der Waals surface area contributed by atoms with E-state index < -0.39 is 10.2 Å². The summed E-state index contributed by atoms with van der Waals surface area (Å²) in [6.07, 6.45) is 3.75. The van der Waals surface area contributed by atoms with E-state index in [1.165, 1.54) is 0 Å². The molecule has 0 saturated carbocycles. The largest absolute Gasteiger partial charge is 0.384 e. The molecule has 112 valence electrons. The number of ether oxygens (including phenoxy) is 1. The Morgan fingerprint density at radius 1 is 1.26 bits per heavy atom. The predicted octanol–water partition coefficient (Wildman–Crippen LogP) is 1.29. The van der Waals surface area contributed by atoms with Crippen LogP contribution in [0.2, 0.25) is 0 Å². The average Bonchev–Trinajstić information content (AvgIpc) is 2.88. The Hall–Kier alpha value is 0.120. The maximum atomic E-state index is 12.7. The lowest BCUT2D eigenvalue weighted by Gasteiger charge is -2.36. The first kappa shape index (κ1) is 15.5. The van der Waals surface area contributed by atoms with Crippen molar-refractivity contribution in [2.24, 2.45) is 5.92 Å². The van der Waals surface area contributed by atoms with Crippen LogP contribution in [0.15, 0.2) is 0 Å². The summed E-state index contributed by atoms with van der Waals surface area (Å²) in [5.41, 5.74) is 0. The highest BCUT2D eigenvalue weighted by atomic mass is 35.5. The Balaban J connectivity index is 2.05. The minimum absolute atomic E-state index is 0.0399. The SMILES string of the molecule is COCC1CCN(S(=O)(=O)N2CCCCC2CCl)C1. The van der Waals surface area contributed by atoms with Gasteiger partial charge in [-0.05, 0) is 25.2 Å². The molecule has 0 aromatic rings. The number of rotatable bonds is 5. The molecule has 0 bridgehead atoms. The summed E-state index contributed by atoms with van der Waals surface area (Å²) in [6.45, 7) is 2.40. The molecule has 2 fully saturated rings. The maximum absolute atomic E-state index is 12.7. The first-order chi connectivity index (χ1) is 9.09. The highest BCUT2D eigenvalue weighted by Crippen LogP contribution is 2.27. The van der Waals surface area contributed by atoms with Gasteiger partial charge in [-0.3, -0.25) is 0 Å². The third-order valence-corrected chi connectivity index (χ3v) is 6.44. The van der Waals surface area contributed by atoms with Gasteiger partial charge in [-0.1, -0.05) is 6.42 Å². The van der Waals surface area contributed by atoms with Crippen LogP contribution in [0.3, 0.4) is 0 Å². The van der Waals surface area contributed by atoms with Crippen LogP contribution in [0.4, 0.5) is 0 Å². The fourth-order valence-corrected chi connectivity index (χ4v) is 5.31. The molecule has 0 aliphatic carbocycles. The van der Waals surface area contributed by atoms with E-state index in [4.69, 9.17) is 16.3 Å². The average molecular weight is 311 g/mol. The lowest BCUT2D eigenvalue weighted by molar-refractivity contribution is 0.157. The van der Waals surface area contributed by atoms with Gasteiger partial charge in [0.05, 0.1) is 6.61 Å². The molecule has 0 spiro atoms. The summed E-state index contributed by atoms with van der Waals surface area (Å²) in [6, 6.07) is -0.0399. The molecule has 2 unspecified atom stereocenters. The standard InChI is InChI=1S/C12H23ClN2O3S/c1-18-10-11-5-7-14(9-11)19(16,17)15-6-3-2-4-12(15)8-13/h11-12H,2-10H2,1H3. The Labute approximate surface area is 121 Å². The molecule has 7 heteroatoms. The van der Waals surface area contributed by atoms with Crippen molar-refractivity contribution >= 4 is 21.8 Å². The van der Waals surface area contributed by atoms with Crippen LogP contribution < -0.4 is 0 Å².